The van der Waals surface area contributed by atoms with Crippen LogP contribution in [0.1, 0.15) is 12.8 Å². The Morgan fingerprint density at radius 3 is 2.80 bits per heavy atom. The average molecular weight is 146 g/mol. The first-order chi connectivity index (χ1) is 4.81. The third kappa shape index (κ3) is 5.28. The van der Waals surface area contributed by atoms with Gasteiger partial charge in [0.25, 0.3) is 0 Å². The number of carbonyl (C=O) groups is 1. The monoisotopic (exact) mass is 146 g/mol. The Labute approximate surface area is 59.7 Å². The van der Waals surface area contributed by atoms with Crippen molar-refractivity contribution in [3.8, 4) is 0 Å². The second-order valence-electron chi connectivity index (χ2n) is 1.77. The van der Waals surface area contributed by atoms with Crippen molar-refractivity contribution >= 4 is 5.97 Å². The van der Waals surface area contributed by atoms with Gasteiger partial charge in [0.05, 0.1) is 13.3 Å². The van der Waals surface area contributed by atoms with Gasteiger partial charge < -0.3 is 4.74 Å². The van der Waals surface area contributed by atoms with Crippen LogP contribution < -0.4 is 0 Å². The van der Waals surface area contributed by atoms with Crippen LogP contribution in [0.5, 0.6) is 0 Å². The van der Waals surface area contributed by atoms with Gasteiger partial charge in [0, 0.05) is 6.08 Å². The zero-order valence-electron chi connectivity index (χ0n) is 5.81. The summed E-state index contributed by atoms with van der Waals surface area (Å²) in [6.45, 7) is 3.14. The molecule has 0 aliphatic carbocycles. The third-order valence-corrected chi connectivity index (χ3v) is 0.939. The zero-order chi connectivity index (χ0) is 7.82. The van der Waals surface area contributed by atoms with Crippen molar-refractivity contribution in [2.24, 2.45) is 0 Å². The lowest BCUT2D eigenvalue weighted by molar-refractivity contribution is -0.137. The summed E-state index contributed by atoms with van der Waals surface area (Å²) in [6.07, 6.45) is 2.12. The highest BCUT2D eigenvalue weighted by Crippen LogP contribution is 1.90. The van der Waals surface area contributed by atoms with Gasteiger partial charge in [0.2, 0.25) is 0 Å². The lowest BCUT2D eigenvalue weighted by Crippen LogP contribution is -2.01. The summed E-state index contributed by atoms with van der Waals surface area (Å²) in [5.74, 6) is -0.446. The van der Waals surface area contributed by atoms with E-state index in [2.05, 4.69) is 11.3 Å². The van der Waals surface area contributed by atoms with Gasteiger partial charge in [0.15, 0.2) is 0 Å². The van der Waals surface area contributed by atoms with E-state index >= 15 is 0 Å². The second-order valence-corrected chi connectivity index (χ2v) is 1.77. The molecule has 0 saturated carbocycles. The molecular formula is C7H11FO2. The van der Waals surface area contributed by atoms with Crippen molar-refractivity contribution in [1.82, 2.24) is 0 Å². The molecule has 0 rings (SSSR count). The molecule has 0 aromatic heterocycles. The normalized spacial score (nSPS) is 8.90. The molecule has 0 aromatic rings. The lowest BCUT2D eigenvalue weighted by Gasteiger charge is -1.98. The van der Waals surface area contributed by atoms with Gasteiger partial charge in [0.1, 0.15) is 0 Å². The molecule has 0 amide bonds. The quantitative estimate of drug-likeness (QED) is 0.333. The Kier molecular flexibility index (Phi) is 5.72. The molecule has 0 fully saturated rings. The molecule has 0 heterocycles. The number of unbranched alkanes of at least 4 members (excludes halogenated alkanes) is 1. The first kappa shape index (κ1) is 9.14. The van der Waals surface area contributed by atoms with E-state index in [-0.39, 0.29) is 13.3 Å². The standard InChI is InChI=1S/C7H11FO2/c1-2-7(9)10-6-4-3-5-8/h2H,1,3-6H2. The van der Waals surface area contributed by atoms with Crippen LogP contribution >= 0.6 is 0 Å². The molecule has 0 bridgehead atoms. The molecule has 3 heteroatoms. The average Bonchev–Trinajstić information content (AvgIpc) is 1.98. The molecule has 0 atom stereocenters. The van der Waals surface area contributed by atoms with Crippen LogP contribution in [0.2, 0.25) is 0 Å². The number of halogens is 1. The number of hydrogen-bond acceptors (Lipinski definition) is 2. The summed E-state index contributed by atoms with van der Waals surface area (Å²) in [7, 11) is 0. The molecule has 0 unspecified atom stereocenters. The minimum Gasteiger partial charge on any atom is -0.463 e. The molecular weight excluding hydrogens is 135 g/mol. The Morgan fingerprint density at radius 2 is 2.30 bits per heavy atom. The number of rotatable bonds is 5. The summed E-state index contributed by atoms with van der Waals surface area (Å²) in [5.41, 5.74) is 0. The summed E-state index contributed by atoms with van der Waals surface area (Å²) < 4.78 is 16.0. The minimum absolute atomic E-state index is 0.286. The van der Waals surface area contributed by atoms with Crippen molar-refractivity contribution in [1.29, 1.82) is 0 Å². The maximum Gasteiger partial charge on any atom is 0.330 e. The van der Waals surface area contributed by atoms with Crippen LogP contribution in [0.25, 0.3) is 0 Å². The molecule has 0 spiro atoms. The molecule has 10 heavy (non-hydrogen) atoms. The maximum atomic E-state index is 11.4. The van der Waals surface area contributed by atoms with E-state index < -0.39 is 5.97 Å². The van der Waals surface area contributed by atoms with Crippen molar-refractivity contribution < 1.29 is 13.9 Å². The fraction of sp³-hybridized carbons (Fsp3) is 0.571. The molecule has 0 aliphatic heterocycles. The molecule has 0 radical (unpaired) electrons. The van der Waals surface area contributed by atoms with E-state index in [4.69, 9.17) is 0 Å². The Hall–Kier alpha value is -0.860. The number of ether oxygens (including phenoxy) is 1. The SMILES string of the molecule is C=CC(=O)OCCCCF. The topological polar surface area (TPSA) is 26.3 Å². The van der Waals surface area contributed by atoms with Gasteiger partial charge in [-0.1, -0.05) is 6.58 Å². The predicted octanol–water partition coefficient (Wildman–Crippen LogP) is 1.47. The van der Waals surface area contributed by atoms with Crippen molar-refractivity contribution in [3.05, 3.63) is 12.7 Å². The smallest absolute Gasteiger partial charge is 0.330 e. The Morgan fingerprint density at radius 1 is 1.60 bits per heavy atom. The molecule has 0 aromatic carbocycles. The third-order valence-electron chi connectivity index (χ3n) is 0.939. The van der Waals surface area contributed by atoms with E-state index in [1.165, 1.54) is 0 Å². The van der Waals surface area contributed by atoms with Gasteiger partial charge >= 0.3 is 5.97 Å². The first-order valence-electron chi connectivity index (χ1n) is 3.16. The van der Waals surface area contributed by atoms with Crippen molar-refractivity contribution in [2.45, 2.75) is 12.8 Å². The van der Waals surface area contributed by atoms with Crippen LogP contribution in [0.15, 0.2) is 12.7 Å². The van der Waals surface area contributed by atoms with Gasteiger partial charge in [-0.25, -0.2) is 4.79 Å². The van der Waals surface area contributed by atoms with Crippen molar-refractivity contribution in [2.75, 3.05) is 13.3 Å². The fourth-order valence-corrected chi connectivity index (χ4v) is 0.428. The largest absolute Gasteiger partial charge is 0.463 e. The molecule has 2 nitrogen and oxygen atoms in total. The van der Waals surface area contributed by atoms with Crippen LogP contribution in [-0.4, -0.2) is 19.3 Å². The highest BCUT2D eigenvalue weighted by atomic mass is 19.1. The van der Waals surface area contributed by atoms with Gasteiger partial charge in [-0.15, -0.1) is 0 Å². The zero-order valence-corrected chi connectivity index (χ0v) is 5.81. The van der Waals surface area contributed by atoms with E-state index in [0.29, 0.717) is 12.8 Å². The summed E-state index contributed by atoms with van der Waals surface area (Å²) in [4.78, 5) is 10.3. The molecule has 58 valence electrons. The number of hydrogen-bond donors (Lipinski definition) is 0. The predicted molar refractivity (Wildman–Crippen MR) is 36.4 cm³/mol. The molecule has 0 aliphatic rings. The van der Waals surface area contributed by atoms with Gasteiger partial charge in [-0.3, -0.25) is 4.39 Å². The van der Waals surface area contributed by atoms with Crippen LogP contribution in [0.4, 0.5) is 4.39 Å². The fourth-order valence-electron chi connectivity index (χ4n) is 0.428. The summed E-state index contributed by atoms with van der Waals surface area (Å²) in [6, 6.07) is 0. The maximum absolute atomic E-state index is 11.4. The van der Waals surface area contributed by atoms with Crippen molar-refractivity contribution in [3.63, 3.8) is 0 Å². The Balaban J connectivity index is 3.03. The Bertz CT molecular complexity index is 112. The van der Waals surface area contributed by atoms with Crippen LogP contribution in [0.3, 0.4) is 0 Å². The summed E-state index contributed by atoms with van der Waals surface area (Å²) >= 11 is 0. The molecule has 0 saturated heterocycles. The number of alkyl halides is 1. The van der Waals surface area contributed by atoms with E-state index in [0.717, 1.165) is 6.08 Å². The van der Waals surface area contributed by atoms with Crippen LogP contribution in [0, 0.1) is 0 Å². The van der Waals surface area contributed by atoms with E-state index in [1.54, 1.807) is 0 Å². The lowest BCUT2D eigenvalue weighted by atomic mass is 10.3. The molecule has 0 N–H and O–H groups in total. The second kappa shape index (κ2) is 6.26. The van der Waals surface area contributed by atoms with E-state index in [1.807, 2.05) is 0 Å². The van der Waals surface area contributed by atoms with Crippen LogP contribution in [-0.2, 0) is 9.53 Å². The number of esters is 1. The summed E-state index contributed by atoms with van der Waals surface area (Å²) in [5, 5.41) is 0. The number of carbonyl (C=O) groups excluding carboxylic acids is 1. The highest BCUT2D eigenvalue weighted by Gasteiger charge is 1.93. The highest BCUT2D eigenvalue weighted by molar-refractivity contribution is 5.81. The van der Waals surface area contributed by atoms with E-state index in [9.17, 15) is 9.18 Å². The van der Waals surface area contributed by atoms with Gasteiger partial charge in [-0.05, 0) is 12.8 Å². The first-order valence-corrected chi connectivity index (χ1v) is 3.16. The minimum atomic E-state index is -0.446. The van der Waals surface area contributed by atoms with Gasteiger partial charge in [-0.2, -0.15) is 0 Å².